The molecule has 0 unspecified atom stereocenters. The van der Waals surface area contributed by atoms with Crippen molar-refractivity contribution in [3.05, 3.63) is 24.2 Å². The topological polar surface area (TPSA) is 56.2 Å². The highest BCUT2D eigenvalue weighted by molar-refractivity contribution is 5.46. The molecule has 2 heterocycles. The maximum absolute atomic E-state index is 5.62. The minimum Gasteiger partial charge on any atom is -0.397 e. The van der Waals surface area contributed by atoms with Crippen LogP contribution in [-0.2, 0) is 6.42 Å². The first-order valence-electron chi connectivity index (χ1n) is 4.40. The number of hydrogen-bond acceptors (Lipinski definition) is 3. The second kappa shape index (κ2) is 3.05. The lowest BCUT2D eigenvalue weighted by Crippen LogP contribution is -1.92. The molecule has 0 aliphatic rings. The molecule has 4 heteroatoms. The van der Waals surface area contributed by atoms with Gasteiger partial charge in [0.15, 0.2) is 11.5 Å². The van der Waals surface area contributed by atoms with Gasteiger partial charge in [-0.3, -0.25) is 0 Å². The molecule has 0 fully saturated rings. The number of nitrogens with zero attached hydrogens (tertiary/aromatic N) is 3. The molecule has 0 aromatic carbocycles. The van der Waals surface area contributed by atoms with Gasteiger partial charge in [-0.2, -0.15) is 5.10 Å². The largest absolute Gasteiger partial charge is 0.397 e. The normalized spacial score (nSPS) is 10.8. The van der Waals surface area contributed by atoms with E-state index >= 15 is 0 Å². The minimum atomic E-state index is 0.709. The summed E-state index contributed by atoms with van der Waals surface area (Å²) in [7, 11) is 0. The van der Waals surface area contributed by atoms with Gasteiger partial charge in [0.2, 0.25) is 0 Å². The number of aryl methyl sites for hydroxylation is 1. The molecule has 2 aromatic heterocycles. The Labute approximate surface area is 76.4 Å². The monoisotopic (exact) mass is 176 g/mol. The fourth-order valence-corrected chi connectivity index (χ4v) is 1.27. The van der Waals surface area contributed by atoms with E-state index in [2.05, 4.69) is 17.0 Å². The standard InChI is InChI=1S/C9H12N4/c1-2-3-8-11-9-5-4-7(10)6-13(9)12-8/h4-6H,2-3,10H2,1H3. The van der Waals surface area contributed by atoms with Crippen LogP contribution in [0.1, 0.15) is 19.2 Å². The molecule has 68 valence electrons. The minimum absolute atomic E-state index is 0.709. The van der Waals surface area contributed by atoms with E-state index in [4.69, 9.17) is 5.73 Å². The van der Waals surface area contributed by atoms with Crippen molar-refractivity contribution in [2.24, 2.45) is 0 Å². The number of anilines is 1. The van der Waals surface area contributed by atoms with Gasteiger partial charge in [-0.05, 0) is 18.6 Å². The summed E-state index contributed by atoms with van der Waals surface area (Å²) < 4.78 is 1.72. The van der Waals surface area contributed by atoms with Gasteiger partial charge < -0.3 is 5.73 Å². The van der Waals surface area contributed by atoms with Crippen LogP contribution in [0.5, 0.6) is 0 Å². The Morgan fingerprint density at radius 1 is 1.46 bits per heavy atom. The average Bonchev–Trinajstić information content (AvgIpc) is 2.46. The molecule has 0 amide bonds. The van der Waals surface area contributed by atoms with Crippen LogP contribution in [-0.4, -0.2) is 14.6 Å². The van der Waals surface area contributed by atoms with Gasteiger partial charge in [-0.25, -0.2) is 9.50 Å². The Morgan fingerprint density at radius 3 is 3.08 bits per heavy atom. The van der Waals surface area contributed by atoms with Crippen molar-refractivity contribution >= 4 is 11.3 Å². The van der Waals surface area contributed by atoms with E-state index < -0.39 is 0 Å². The molecule has 0 saturated carbocycles. The molecule has 13 heavy (non-hydrogen) atoms. The second-order valence-corrected chi connectivity index (χ2v) is 3.04. The summed E-state index contributed by atoms with van der Waals surface area (Å²) in [5, 5.41) is 4.29. The van der Waals surface area contributed by atoms with Crippen LogP contribution >= 0.6 is 0 Å². The molecule has 0 bridgehead atoms. The highest BCUT2D eigenvalue weighted by Crippen LogP contribution is 2.06. The number of hydrogen-bond donors (Lipinski definition) is 1. The molecular weight excluding hydrogens is 164 g/mol. The number of nitrogen functional groups attached to an aromatic ring is 1. The van der Waals surface area contributed by atoms with E-state index in [1.807, 2.05) is 12.1 Å². The number of nitrogens with two attached hydrogens (primary N) is 1. The number of rotatable bonds is 2. The van der Waals surface area contributed by atoms with Crippen LogP contribution in [0.15, 0.2) is 18.3 Å². The maximum Gasteiger partial charge on any atom is 0.155 e. The van der Waals surface area contributed by atoms with E-state index in [-0.39, 0.29) is 0 Å². The molecule has 0 aliphatic heterocycles. The van der Waals surface area contributed by atoms with Crippen LogP contribution in [0.2, 0.25) is 0 Å². The molecule has 2 aromatic rings. The zero-order valence-electron chi connectivity index (χ0n) is 7.57. The van der Waals surface area contributed by atoms with Gasteiger partial charge in [0, 0.05) is 6.42 Å². The van der Waals surface area contributed by atoms with Crippen molar-refractivity contribution in [1.82, 2.24) is 14.6 Å². The fraction of sp³-hybridized carbons (Fsp3) is 0.333. The number of fused-ring (bicyclic) bond motifs is 1. The molecule has 0 radical (unpaired) electrons. The molecule has 0 saturated heterocycles. The van der Waals surface area contributed by atoms with E-state index in [9.17, 15) is 0 Å². The van der Waals surface area contributed by atoms with Gasteiger partial charge in [-0.1, -0.05) is 6.92 Å². The number of pyridine rings is 1. The van der Waals surface area contributed by atoms with Crippen molar-refractivity contribution < 1.29 is 0 Å². The highest BCUT2D eigenvalue weighted by Gasteiger charge is 2.01. The van der Waals surface area contributed by atoms with Crippen LogP contribution < -0.4 is 5.73 Å². The van der Waals surface area contributed by atoms with Crippen molar-refractivity contribution in [2.75, 3.05) is 5.73 Å². The first kappa shape index (κ1) is 8.04. The third-order valence-corrected chi connectivity index (χ3v) is 1.87. The fourth-order valence-electron chi connectivity index (χ4n) is 1.27. The summed E-state index contributed by atoms with van der Waals surface area (Å²) >= 11 is 0. The highest BCUT2D eigenvalue weighted by atomic mass is 15.3. The first-order chi connectivity index (χ1) is 6.29. The molecular formula is C9H12N4. The predicted octanol–water partition coefficient (Wildman–Crippen LogP) is 1.26. The Balaban J connectivity index is 2.49. The van der Waals surface area contributed by atoms with Crippen molar-refractivity contribution in [3.8, 4) is 0 Å². The predicted molar refractivity (Wildman–Crippen MR) is 51.4 cm³/mol. The lowest BCUT2D eigenvalue weighted by Gasteiger charge is -1.91. The van der Waals surface area contributed by atoms with Crippen molar-refractivity contribution in [1.29, 1.82) is 0 Å². The third kappa shape index (κ3) is 1.47. The SMILES string of the molecule is CCCc1nc2ccc(N)cn2n1. The zero-order valence-corrected chi connectivity index (χ0v) is 7.57. The van der Waals surface area contributed by atoms with Crippen LogP contribution in [0, 0.1) is 0 Å². The summed E-state index contributed by atoms with van der Waals surface area (Å²) in [5.74, 6) is 0.883. The van der Waals surface area contributed by atoms with Crippen molar-refractivity contribution in [2.45, 2.75) is 19.8 Å². The first-order valence-corrected chi connectivity index (χ1v) is 4.40. The summed E-state index contributed by atoms with van der Waals surface area (Å²) in [6.07, 6.45) is 3.76. The van der Waals surface area contributed by atoms with Gasteiger partial charge >= 0.3 is 0 Å². The van der Waals surface area contributed by atoms with E-state index in [1.165, 1.54) is 0 Å². The lowest BCUT2D eigenvalue weighted by atomic mass is 10.3. The molecule has 0 aliphatic carbocycles. The van der Waals surface area contributed by atoms with Gasteiger partial charge in [0.25, 0.3) is 0 Å². The van der Waals surface area contributed by atoms with E-state index in [1.54, 1.807) is 10.7 Å². The Bertz CT molecular complexity index is 418. The van der Waals surface area contributed by atoms with E-state index in [0.29, 0.717) is 5.69 Å². The van der Waals surface area contributed by atoms with Gasteiger partial charge in [-0.15, -0.1) is 0 Å². The van der Waals surface area contributed by atoms with Crippen LogP contribution in [0.4, 0.5) is 5.69 Å². The molecule has 2 N–H and O–H groups in total. The quantitative estimate of drug-likeness (QED) is 0.749. The van der Waals surface area contributed by atoms with E-state index in [0.717, 1.165) is 24.3 Å². The van der Waals surface area contributed by atoms with Crippen LogP contribution in [0.3, 0.4) is 0 Å². The summed E-state index contributed by atoms with van der Waals surface area (Å²) in [5.41, 5.74) is 7.19. The Morgan fingerprint density at radius 2 is 2.31 bits per heavy atom. The smallest absolute Gasteiger partial charge is 0.155 e. The summed E-state index contributed by atoms with van der Waals surface area (Å²) in [6, 6.07) is 3.71. The molecule has 4 nitrogen and oxygen atoms in total. The second-order valence-electron chi connectivity index (χ2n) is 3.04. The Kier molecular flexibility index (Phi) is 1.88. The van der Waals surface area contributed by atoms with Crippen LogP contribution in [0.25, 0.3) is 5.65 Å². The lowest BCUT2D eigenvalue weighted by molar-refractivity contribution is 0.819. The molecule has 2 rings (SSSR count). The molecule has 0 atom stereocenters. The maximum atomic E-state index is 5.62. The summed E-state index contributed by atoms with van der Waals surface area (Å²) in [4.78, 5) is 4.34. The average molecular weight is 176 g/mol. The summed E-state index contributed by atoms with van der Waals surface area (Å²) in [6.45, 7) is 2.11. The zero-order chi connectivity index (χ0) is 9.26. The van der Waals surface area contributed by atoms with Gasteiger partial charge in [0.05, 0.1) is 11.9 Å². The third-order valence-electron chi connectivity index (χ3n) is 1.87. The Hall–Kier alpha value is -1.58. The molecule has 0 spiro atoms. The van der Waals surface area contributed by atoms with Crippen molar-refractivity contribution in [3.63, 3.8) is 0 Å². The number of aromatic nitrogens is 3. The van der Waals surface area contributed by atoms with Gasteiger partial charge in [0.1, 0.15) is 0 Å².